The van der Waals surface area contributed by atoms with E-state index in [0.717, 1.165) is 4.90 Å². The number of halogens is 2. The summed E-state index contributed by atoms with van der Waals surface area (Å²) in [6.07, 6.45) is 2.88. The number of amides is 1. The Labute approximate surface area is 203 Å². The van der Waals surface area contributed by atoms with Gasteiger partial charge >= 0.3 is 0 Å². The molecule has 0 aliphatic carbocycles. The van der Waals surface area contributed by atoms with Crippen molar-refractivity contribution in [1.82, 2.24) is 19.7 Å². The lowest BCUT2D eigenvalue weighted by Crippen LogP contribution is -2.24. The van der Waals surface area contributed by atoms with E-state index in [4.69, 9.17) is 12.2 Å². The van der Waals surface area contributed by atoms with Crippen molar-refractivity contribution in [2.75, 3.05) is 13.7 Å². The lowest BCUT2D eigenvalue weighted by atomic mass is 9.99. The van der Waals surface area contributed by atoms with E-state index in [2.05, 4.69) is 10.1 Å². The summed E-state index contributed by atoms with van der Waals surface area (Å²) in [7, 11) is 3.32. The number of fused-ring (bicyclic) bond motifs is 2. The van der Waals surface area contributed by atoms with E-state index >= 15 is 8.78 Å². The number of benzene rings is 2. The predicted octanol–water partition coefficient (Wildman–Crippen LogP) is 4.48. The van der Waals surface area contributed by atoms with Crippen molar-refractivity contribution in [2.45, 2.75) is 26.1 Å². The molecule has 0 saturated heterocycles. The second kappa shape index (κ2) is 9.07. The number of methoxy groups -OCH3 is 1. The average Bonchev–Trinajstić information content (AvgIpc) is 3.32. The van der Waals surface area contributed by atoms with Gasteiger partial charge in [0.15, 0.2) is 0 Å². The number of hydrogen-bond acceptors (Lipinski definition) is 5. The van der Waals surface area contributed by atoms with Crippen LogP contribution in [0.3, 0.4) is 0 Å². The van der Waals surface area contributed by atoms with Crippen LogP contribution in [0.1, 0.15) is 31.3 Å². The number of ether oxygens (including phenoxy) is 2. The SMILES string of the molecule is [2H]C1([2H])c2ncccc2C(=O)N1Cc1c(F)cc(-c2ccc(OC(C)COC)c3nn(C)cc23)cc1F. The Kier molecular flexibility index (Phi) is 5.32. The molecule has 4 aromatic rings. The number of aryl methyl sites for hydroxylation is 1. The van der Waals surface area contributed by atoms with Crippen LogP contribution in [-0.4, -0.2) is 45.4 Å². The Morgan fingerprint density at radius 3 is 2.69 bits per heavy atom. The molecule has 1 unspecified atom stereocenters. The molecular weight excluding hydrogens is 454 g/mol. The first-order valence-electron chi connectivity index (χ1n) is 12.0. The molecule has 9 heteroatoms. The molecule has 1 amide bonds. The van der Waals surface area contributed by atoms with E-state index in [0.29, 0.717) is 28.8 Å². The highest BCUT2D eigenvalue weighted by atomic mass is 19.1. The van der Waals surface area contributed by atoms with Gasteiger partial charge in [-0.2, -0.15) is 5.10 Å². The van der Waals surface area contributed by atoms with E-state index in [1.807, 2.05) is 6.92 Å². The number of nitrogens with zero attached hydrogens (tertiary/aromatic N) is 4. The molecule has 1 atom stereocenters. The van der Waals surface area contributed by atoms with E-state index in [9.17, 15) is 4.79 Å². The van der Waals surface area contributed by atoms with Gasteiger partial charge in [0.05, 0.1) is 33.6 Å². The summed E-state index contributed by atoms with van der Waals surface area (Å²) in [5, 5.41) is 5.10. The highest BCUT2D eigenvalue weighted by Gasteiger charge is 2.30. The number of hydrogen-bond donors (Lipinski definition) is 0. The first-order chi connectivity index (χ1) is 17.6. The first-order valence-corrected chi connectivity index (χ1v) is 11.0. The molecule has 0 fully saturated rings. The maximum Gasteiger partial charge on any atom is 0.256 e. The Balaban J connectivity index is 1.50. The molecule has 0 bridgehead atoms. The average molecular weight is 481 g/mol. The molecule has 2 aromatic carbocycles. The standard InChI is InChI=1S/C26H24F2N4O3/c1-15(14-34-3)35-24-7-6-17(19-11-31(2)30-25(19)24)16-9-21(27)20(22(28)10-16)12-32-13-23-18(26(32)33)5-4-8-29-23/h4-11,15H,12-14H2,1-3H3/i13D2. The van der Waals surface area contributed by atoms with Gasteiger partial charge in [-0.05, 0) is 54.4 Å². The lowest BCUT2D eigenvalue weighted by Gasteiger charge is -2.18. The summed E-state index contributed by atoms with van der Waals surface area (Å²) in [6.45, 7) is -0.653. The quantitative estimate of drug-likeness (QED) is 0.390. The topological polar surface area (TPSA) is 69.5 Å². The summed E-state index contributed by atoms with van der Waals surface area (Å²) in [5.41, 5.74) is 0.945. The second-order valence-electron chi connectivity index (χ2n) is 8.38. The number of rotatable bonds is 7. The minimum absolute atomic E-state index is 0.0708. The number of carbonyl (C=O) groups excluding carboxylic acids is 1. The van der Waals surface area contributed by atoms with Crippen LogP contribution in [0.15, 0.2) is 48.8 Å². The smallest absolute Gasteiger partial charge is 0.256 e. The molecule has 7 nitrogen and oxygen atoms in total. The fourth-order valence-corrected chi connectivity index (χ4v) is 4.20. The molecule has 1 aliphatic rings. The van der Waals surface area contributed by atoms with Gasteiger partial charge in [-0.1, -0.05) is 0 Å². The fourth-order valence-electron chi connectivity index (χ4n) is 4.20. The molecule has 35 heavy (non-hydrogen) atoms. The third-order valence-corrected chi connectivity index (χ3v) is 5.78. The molecule has 0 spiro atoms. The van der Waals surface area contributed by atoms with Crippen molar-refractivity contribution in [3.63, 3.8) is 0 Å². The Hall–Kier alpha value is -3.85. The van der Waals surface area contributed by atoms with Crippen molar-refractivity contribution in [1.29, 1.82) is 0 Å². The van der Waals surface area contributed by atoms with Gasteiger partial charge in [-0.15, -0.1) is 0 Å². The minimum Gasteiger partial charge on any atom is -0.486 e. The maximum atomic E-state index is 15.3. The zero-order chi connectivity index (χ0) is 26.5. The van der Waals surface area contributed by atoms with Gasteiger partial charge in [0, 0.05) is 37.5 Å². The van der Waals surface area contributed by atoms with E-state index < -0.39 is 36.1 Å². The Morgan fingerprint density at radius 1 is 1.20 bits per heavy atom. The highest BCUT2D eigenvalue weighted by Crippen LogP contribution is 2.36. The summed E-state index contributed by atoms with van der Waals surface area (Å²) in [6, 6.07) is 8.71. The summed E-state index contributed by atoms with van der Waals surface area (Å²) >= 11 is 0. The molecule has 2 aromatic heterocycles. The minimum atomic E-state index is -2.30. The van der Waals surface area contributed by atoms with Gasteiger partial charge < -0.3 is 14.4 Å². The van der Waals surface area contributed by atoms with Crippen molar-refractivity contribution in [3.05, 3.63) is 77.2 Å². The fraction of sp³-hybridized carbons (Fsp3) is 0.269. The summed E-state index contributed by atoms with van der Waals surface area (Å²) < 4.78 is 60.0. The van der Waals surface area contributed by atoms with Crippen molar-refractivity contribution in [2.24, 2.45) is 7.05 Å². The van der Waals surface area contributed by atoms with Crippen LogP contribution in [0.25, 0.3) is 22.0 Å². The molecule has 0 saturated carbocycles. The van der Waals surface area contributed by atoms with Crippen LogP contribution in [0.2, 0.25) is 0 Å². The molecule has 0 radical (unpaired) electrons. The van der Waals surface area contributed by atoms with E-state index in [1.54, 1.807) is 37.2 Å². The predicted molar refractivity (Wildman–Crippen MR) is 126 cm³/mol. The molecule has 3 heterocycles. The van der Waals surface area contributed by atoms with Gasteiger partial charge in [-0.25, -0.2) is 8.78 Å². The van der Waals surface area contributed by atoms with Gasteiger partial charge in [0.25, 0.3) is 5.91 Å². The number of carbonyl (C=O) groups is 1. The Morgan fingerprint density at radius 2 is 1.97 bits per heavy atom. The lowest BCUT2D eigenvalue weighted by molar-refractivity contribution is 0.0763. The molecule has 0 N–H and O–H groups in total. The largest absolute Gasteiger partial charge is 0.486 e. The highest BCUT2D eigenvalue weighted by molar-refractivity contribution is 5.98. The molecule has 180 valence electrons. The summed E-state index contributed by atoms with van der Waals surface area (Å²) in [5.74, 6) is -1.95. The van der Waals surface area contributed by atoms with Gasteiger partial charge in [0.2, 0.25) is 0 Å². The van der Waals surface area contributed by atoms with Crippen LogP contribution >= 0.6 is 0 Å². The number of pyridine rings is 1. The van der Waals surface area contributed by atoms with Gasteiger partial charge in [-0.3, -0.25) is 14.5 Å². The molecule has 5 rings (SSSR count). The Bertz CT molecular complexity index is 1500. The van der Waals surface area contributed by atoms with Gasteiger partial charge in [0.1, 0.15) is 29.0 Å². The van der Waals surface area contributed by atoms with Crippen molar-refractivity contribution in [3.8, 4) is 16.9 Å². The van der Waals surface area contributed by atoms with Crippen LogP contribution < -0.4 is 4.74 Å². The van der Waals surface area contributed by atoms with Crippen LogP contribution in [0.4, 0.5) is 8.78 Å². The normalized spacial score (nSPS) is 16.3. The van der Waals surface area contributed by atoms with Crippen LogP contribution in [0, 0.1) is 11.6 Å². The zero-order valence-electron chi connectivity index (χ0n) is 21.4. The van der Waals surface area contributed by atoms with E-state index in [-0.39, 0.29) is 22.9 Å². The third-order valence-electron chi connectivity index (χ3n) is 5.78. The second-order valence-corrected chi connectivity index (χ2v) is 8.38. The molecule has 1 aliphatic heterocycles. The van der Waals surface area contributed by atoms with Crippen molar-refractivity contribution >= 4 is 16.8 Å². The van der Waals surface area contributed by atoms with E-state index in [1.165, 1.54) is 30.5 Å². The molecular formula is C26H24F2N4O3. The van der Waals surface area contributed by atoms with Crippen molar-refractivity contribution < 1.29 is 25.8 Å². The van der Waals surface area contributed by atoms with Crippen LogP contribution in [-0.2, 0) is 24.8 Å². The maximum absolute atomic E-state index is 15.3. The monoisotopic (exact) mass is 480 g/mol. The first kappa shape index (κ1) is 20.5. The zero-order valence-corrected chi connectivity index (χ0v) is 19.4. The summed E-state index contributed by atoms with van der Waals surface area (Å²) in [4.78, 5) is 17.6. The third kappa shape index (κ3) is 4.23. The number of aromatic nitrogens is 3. The van der Waals surface area contributed by atoms with Crippen LogP contribution in [0.5, 0.6) is 5.75 Å².